The van der Waals surface area contributed by atoms with E-state index in [1.165, 1.54) is 0 Å². The Balaban J connectivity index is 1.69. The lowest BCUT2D eigenvalue weighted by Gasteiger charge is -2.38. The predicted molar refractivity (Wildman–Crippen MR) is 90.9 cm³/mol. The molecule has 1 aliphatic rings. The fraction of sp³-hybridized carbons (Fsp3) is 0.389. The van der Waals surface area contributed by atoms with Crippen LogP contribution in [-0.4, -0.2) is 37.1 Å². The number of hydrogen-bond donors (Lipinski definition) is 0. The Bertz CT molecular complexity index is 639. The molecule has 23 heavy (non-hydrogen) atoms. The lowest BCUT2D eigenvalue weighted by Crippen LogP contribution is -2.48. The molecule has 2 unspecified atom stereocenters. The van der Waals surface area contributed by atoms with Gasteiger partial charge in [-0.1, -0.05) is 18.2 Å². The van der Waals surface area contributed by atoms with Crippen molar-refractivity contribution in [1.82, 2.24) is 4.90 Å². The molecule has 0 spiro atoms. The number of morpholine rings is 1. The topological polar surface area (TPSA) is 38.8 Å². The van der Waals surface area contributed by atoms with Crippen LogP contribution in [0.5, 0.6) is 5.75 Å². The van der Waals surface area contributed by atoms with Gasteiger partial charge in [-0.05, 0) is 36.1 Å². The first-order valence-corrected chi connectivity index (χ1v) is 8.62. The summed E-state index contributed by atoms with van der Waals surface area (Å²) in [5.41, 5.74) is 1.08. The molecule has 3 rings (SSSR count). The van der Waals surface area contributed by atoms with E-state index in [0.717, 1.165) is 16.2 Å². The summed E-state index contributed by atoms with van der Waals surface area (Å²) in [6.07, 6.45) is 0.390. The molecule has 1 aliphatic heterocycles. The minimum absolute atomic E-state index is 0.0793. The van der Waals surface area contributed by atoms with Crippen molar-refractivity contribution in [2.24, 2.45) is 0 Å². The highest BCUT2D eigenvalue weighted by Gasteiger charge is 2.30. The van der Waals surface area contributed by atoms with E-state index in [1.54, 1.807) is 18.4 Å². The Morgan fingerprint density at radius 1 is 1.35 bits per heavy atom. The minimum atomic E-state index is -0.0793. The molecule has 0 aliphatic carbocycles. The highest BCUT2D eigenvalue weighted by atomic mass is 32.1. The first-order chi connectivity index (χ1) is 11.2. The summed E-state index contributed by atoms with van der Waals surface area (Å²) in [4.78, 5) is 15.7. The number of methoxy groups -OCH3 is 1. The molecule has 0 bridgehead atoms. The van der Waals surface area contributed by atoms with Crippen molar-refractivity contribution < 1.29 is 14.3 Å². The molecular formula is C18H21NO3S. The van der Waals surface area contributed by atoms with Gasteiger partial charge in [-0.15, -0.1) is 11.3 Å². The number of carbonyl (C=O) groups excluding carboxylic acids is 1. The molecule has 1 aromatic carbocycles. The SMILES string of the molecule is COc1ccc(C2CN(C(=O)Cc3cccs3)C(C)CO2)cc1. The van der Waals surface area contributed by atoms with Gasteiger partial charge in [0.1, 0.15) is 11.9 Å². The number of hydrogen-bond acceptors (Lipinski definition) is 4. The van der Waals surface area contributed by atoms with Crippen LogP contribution in [0.2, 0.25) is 0 Å². The van der Waals surface area contributed by atoms with Gasteiger partial charge in [0, 0.05) is 4.88 Å². The van der Waals surface area contributed by atoms with Gasteiger partial charge in [0.15, 0.2) is 0 Å². The molecule has 5 heteroatoms. The number of carbonyl (C=O) groups is 1. The van der Waals surface area contributed by atoms with Gasteiger partial charge >= 0.3 is 0 Å². The van der Waals surface area contributed by atoms with Gasteiger partial charge in [-0.2, -0.15) is 0 Å². The van der Waals surface area contributed by atoms with E-state index in [1.807, 2.05) is 53.6 Å². The fourth-order valence-corrected chi connectivity index (χ4v) is 3.48. The summed E-state index contributed by atoms with van der Waals surface area (Å²) < 4.78 is 11.1. The Morgan fingerprint density at radius 3 is 2.78 bits per heavy atom. The van der Waals surface area contributed by atoms with Gasteiger partial charge in [-0.25, -0.2) is 0 Å². The number of ether oxygens (including phenoxy) is 2. The molecule has 0 radical (unpaired) electrons. The molecule has 2 aromatic rings. The van der Waals surface area contributed by atoms with Crippen LogP contribution < -0.4 is 4.74 Å². The van der Waals surface area contributed by atoms with Gasteiger partial charge in [-0.3, -0.25) is 4.79 Å². The lowest BCUT2D eigenvalue weighted by molar-refractivity contribution is -0.143. The summed E-state index contributed by atoms with van der Waals surface area (Å²) in [5, 5.41) is 2.01. The second-order valence-corrected chi connectivity index (χ2v) is 6.78. The third kappa shape index (κ3) is 3.74. The van der Waals surface area contributed by atoms with Gasteiger partial charge in [0.2, 0.25) is 5.91 Å². The van der Waals surface area contributed by atoms with E-state index >= 15 is 0 Å². The number of amides is 1. The van der Waals surface area contributed by atoms with Gasteiger partial charge in [0.25, 0.3) is 0 Å². The van der Waals surface area contributed by atoms with E-state index in [9.17, 15) is 4.79 Å². The lowest BCUT2D eigenvalue weighted by atomic mass is 10.1. The second-order valence-electron chi connectivity index (χ2n) is 5.75. The zero-order chi connectivity index (χ0) is 16.2. The highest BCUT2D eigenvalue weighted by Crippen LogP contribution is 2.27. The first-order valence-electron chi connectivity index (χ1n) is 7.75. The summed E-state index contributed by atoms with van der Waals surface area (Å²) in [6, 6.07) is 12.0. The third-order valence-electron chi connectivity index (χ3n) is 4.15. The third-order valence-corrected chi connectivity index (χ3v) is 5.02. The summed E-state index contributed by atoms with van der Waals surface area (Å²) >= 11 is 1.63. The number of nitrogens with zero attached hydrogens (tertiary/aromatic N) is 1. The van der Waals surface area contributed by atoms with E-state index in [2.05, 4.69) is 0 Å². The molecular weight excluding hydrogens is 310 g/mol. The van der Waals surface area contributed by atoms with E-state index in [-0.39, 0.29) is 18.1 Å². The van der Waals surface area contributed by atoms with Gasteiger partial charge in [0.05, 0.1) is 32.7 Å². The van der Waals surface area contributed by atoms with Crippen LogP contribution in [0.3, 0.4) is 0 Å². The molecule has 4 nitrogen and oxygen atoms in total. The Hall–Kier alpha value is -1.85. The quantitative estimate of drug-likeness (QED) is 0.863. The molecule has 2 heterocycles. The van der Waals surface area contributed by atoms with E-state index in [0.29, 0.717) is 19.6 Å². The van der Waals surface area contributed by atoms with Crippen molar-refractivity contribution in [3.05, 3.63) is 52.2 Å². The van der Waals surface area contributed by atoms with Crippen LogP contribution in [-0.2, 0) is 16.0 Å². The van der Waals surface area contributed by atoms with Crippen molar-refractivity contribution >= 4 is 17.2 Å². The van der Waals surface area contributed by atoms with E-state index in [4.69, 9.17) is 9.47 Å². The zero-order valence-electron chi connectivity index (χ0n) is 13.4. The molecule has 1 fully saturated rings. The maximum Gasteiger partial charge on any atom is 0.228 e. The van der Waals surface area contributed by atoms with Crippen molar-refractivity contribution in [3.8, 4) is 5.75 Å². The molecule has 1 amide bonds. The van der Waals surface area contributed by atoms with Gasteiger partial charge < -0.3 is 14.4 Å². The van der Waals surface area contributed by atoms with Crippen molar-refractivity contribution in [3.63, 3.8) is 0 Å². The Labute approximate surface area is 140 Å². The standard InChI is InChI=1S/C18H21NO3S/c1-13-12-22-17(14-5-7-15(21-2)8-6-14)11-19(13)18(20)10-16-4-3-9-23-16/h3-9,13,17H,10-12H2,1-2H3. The number of rotatable bonds is 4. The van der Waals surface area contributed by atoms with E-state index < -0.39 is 0 Å². The van der Waals surface area contributed by atoms with Crippen molar-refractivity contribution in [1.29, 1.82) is 0 Å². The average molecular weight is 331 g/mol. The van der Waals surface area contributed by atoms with Crippen LogP contribution in [0.1, 0.15) is 23.5 Å². The second kappa shape index (κ2) is 7.15. The minimum Gasteiger partial charge on any atom is -0.497 e. The predicted octanol–water partition coefficient (Wildman–Crippen LogP) is 3.29. The normalized spacial score (nSPS) is 21.2. The molecule has 0 saturated carbocycles. The molecule has 2 atom stereocenters. The maximum atomic E-state index is 12.6. The van der Waals surface area contributed by atoms with Crippen LogP contribution >= 0.6 is 11.3 Å². The maximum absolute atomic E-state index is 12.6. The van der Waals surface area contributed by atoms with Crippen molar-refractivity contribution in [2.75, 3.05) is 20.3 Å². The van der Waals surface area contributed by atoms with Crippen LogP contribution in [0.25, 0.3) is 0 Å². The average Bonchev–Trinajstić information content (AvgIpc) is 3.08. The number of thiophene rings is 1. The smallest absolute Gasteiger partial charge is 0.228 e. The highest BCUT2D eigenvalue weighted by molar-refractivity contribution is 7.10. The molecule has 0 N–H and O–H groups in total. The largest absolute Gasteiger partial charge is 0.497 e. The first kappa shape index (κ1) is 16.0. The molecule has 1 saturated heterocycles. The van der Waals surface area contributed by atoms with Crippen LogP contribution in [0.4, 0.5) is 0 Å². The molecule has 122 valence electrons. The van der Waals surface area contributed by atoms with Crippen LogP contribution in [0.15, 0.2) is 41.8 Å². The summed E-state index contributed by atoms with van der Waals surface area (Å²) in [7, 11) is 1.65. The zero-order valence-corrected chi connectivity index (χ0v) is 14.2. The fourth-order valence-electron chi connectivity index (χ4n) is 2.79. The monoisotopic (exact) mass is 331 g/mol. The summed E-state index contributed by atoms with van der Waals surface area (Å²) in [6.45, 7) is 3.20. The molecule has 1 aromatic heterocycles. The number of benzene rings is 1. The van der Waals surface area contributed by atoms with Crippen molar-refractivity contribution in [2.45, 2.75) is 25.5 Å². The Kier molecular flexibility index (Phi) is 4.98. The summed E-state index contributed by atoms with van der Waals surface area (Å²) in [5.74, 6) is 0.991. The Morgan fingerprint density at radius 2 is 2.13 bits per heavy atom. The van der Waals surface area contributed by atoms with Crippen LogP contribution in [0, 0.1) is 0 Å².